The lowest BCUT2D eigenvalue weighted by molar-refractivity contribution is -0.124. The van der Waals surface area contributed by atoms with Crippen molar-refractivity contribution in [1.29, 1.82) is 0 Å². The lowest BCUT2D eigenvalue weighted by Crippen LogP contribution is -2.55. The number of amides is 1. The molecule has 1 fully saturated rings. The summed E-state index contributed by atoms with van der Waals surface area (Å²) in [6.07, 6.45) is 0.772. The van der Waals surface area contributed by atoms with Crippen LogP contribution in [0.1, 0.15) is 20.3 Å². The molecule has 6 heteroatoms. The third kappa shape index (κ3) is 6.30. The summed E-state index contributed by atoms with van der Waals surface area (Å²) in [7, 11) is 4.23. The maximum absolute atomic E-state index is 11.6. The first-order valence-corrected chi connectivity index (χ1v) is 8.02. The van der Waals surface area contributed by atoms with Crippen LogP contribution in [0, 0.1) is 0 Å². The first-order chi connectivity index (χ1) is 9.87. The van der Waals surface area contributed by atoms with Crippen molar-refractivity contribution >= 4 is 5.91 Å². The molecule has 124 valence electrons. The van der Waals surface area contributed by atoms with E-state index in [2.05, 4.69) is 34.1 Å². The largest absolute Gasteiger partial charge is 0.368 e. The highest BCUT2D eigenvalue weighted by Gasteiger charge is 2.30. The van der Waals surface area contributed by atoms with Crippen molar-refractivity contribution in [2.75, 3.05) is 66.5 Å². The Kier molecular flexibility index (Phi) is 7.59. The molecule has 0 aromatic carbocycles. The van der Waals surface area contributed by atoms with Crippen LogP contribution in [-0.4, -0.2) is 92.6 Å². The van der Waals surface area contributed by atoms with Crippen LogP contribution in [0.2, 0.25) is 0 Å². The Bertz CT molecular complexity index is 315. The van der Waals surface area contributed by atoms with Crippen molar-refractivity contribution in [1.82, 2.24) is 20.0 Å². The number of piperazine rings is 1. The SMILES string of the molecule is CCNC(C)(CCN1CCN(CCN(C)C)CC1)C(N)=O. The van der Waals surface area contributed by atoms with Gasteiger partial charge < -0.3 is 20.9 Å². The summed E-state index contributed by atoms with van der Waals surface area (Å²) in [6, 6.07) is 0. The van der Waals surface area contributed by atoms with E-state index in [9.17, 15) is 4.79 Å². The summed E-state index contributed by atoms with van der Waals surface area (Å²) in [5.41, 5.74) is 4.94. The lowest BCUT2D eigenvalue weighted by Gasteiger charge is -2.37. The zero-order chi connectivity index (χ0) is 15.9. The minimum Gasteiger partial charge on any atom is -0.368 e. The number of rotatable bonds is 9. The molecule has 1 aliphatic rings. The number of primary amides is 1. The molecule has 1 heterocycles. The average molecular weight is 299 g/mol. The third-order valence-corrected chi connectivity index (χ3v) is 4.37. The van der Waals surface area contributed by atoms with E-state index < -0.39 is 5.54 Å². The Labute approximate surface area is 129 Å². The second-order valence-corrected chi connectivity index (χ2v) is 6.46. The molecular formula is C15H33N5O. The van der Waals surface area contributed by atoms with Gasteiger partial charge in [0.15, 0.2) is 0 Å². The predicted molar refractivity (Wildman–Crippen MR) is 87.3 cm³/mol. The predicted octanol–water partition coefficient (Wildman–Crippen LogP) is -0.591. The van der Waals surface area contributed by atoms with Crippen molar-refractivity contribution in [2.24, 2.45) is 5.73 Å². The van der Waals surface area contributed by atoms with Crippen LogP contribution in [0.3, 0.4) is 0 Å². The monoisotopic (exact) mass is 299 g/mol. The summed E-state index contributed by atoms with van der Waals surface area (Å²) in [5, 5.41) is 3.22. The van der Waals surface area contributed by atoms with Gasteiger partial charge in [0.25, 0.3) is 0 Å². The van der Waals surface area contributed by atoms with Gasteiger partial charge in [-0.05, 0) is 34.0 Å². The molecule has 21 heavy (non-hydrogen) atoms. The molecular weight excluding hydrogens is 266 g/mol. The molecule has 0 bridgehead atoms. The van der Waals surface area contributed by atoms with E-state index in [1.165, 1.54) is 0 Å². The molecule has 1 unspecified atom stereocenters. The van der Waals surface area contributed by atoms with E-state index in [0.29, 0.717) is 0 Å². The third-order valence-electron chi connectivity index (χ3n) is 4.37. The number of carbonyl (C=O) groups excluding carboxylic acids is 1. The van der Waals surface area contributed by atoms with Crippen molar-refractivity contribution in [2.45, 2.75) is 25.8 Å². The minimum atomic E-state index is -0.587. The van der Waals surface area contributed by atoms with Crippen molar-refractivity contribution in [3.05, 3.63) is 0 Å². The molecule has 0 spiro atoms. The van der Waals surface area contributed by atoms with Crippen molar-refractivity contribution < 1.29 is 4.79 Å². The second kappa shape index (κ2) is 8.68. The van der Waals surface area contributed by atoms with Crippen LogP contribution < -0.4 is 11.1 Å². The molecule has 3 N–H and O–H groups in total. The number of nitrogens with one attached hydrogen (secondary N) is 1. The molecule has 1 saturated heterocycles. The van der Waals surface area contributed by atoms with Crippen LogP contribution in [0.15, 0.2) is 0 Å². The number of nitrogens with two attached hydrogens (primary N) is 1. The van der Waals surface area contributed by atoms with Gasteiger partial charge in [-0.25, -0.2) is 0 Å². The number of carbonyl (C=O) groups is 1. The van der Waals surface area contributed by atoms with Gasteiger partial charge >= 0.3 is 0 Å². The highest BCUT2D eigenvalue weighted by Crippen LogP contribution is 2.11. The summed E-state index contributed by atoms with van der Waals surface area (Å²) < 4.78 is 0. The molecule has 0 saturated carbocycles. The fourth-order valence-electron chi connectivity index (χ4n) is 2.65. The quantitative estimate of drug-likeness (QED) is 0.596. The van der Waals surface area contributed by atoms with Crippen LogP contribution in [0.4, 0.5) is 0 Å². The van der Waals surface area contributed by atoms with Gasteiger partial charge in [0.1, 0.15) is 0 Å². The normalized spacial score (nSPS) is 20.6. The summed E-state index contributed by atoms with van der Waals surface area (Å²) in [5.74, 6) is -0.256. The van der Waals surface area contributed by atoms with Gasteiger partial charge in [-0.15, -0.1) is 0 Å². The Morgan fingerprint density at radius 1 is 1.19 bits per heavy atom. The maximum atomic E-state index is 11.6. The number of hydrogen-bond acceptors (Lipinski definition) is 5. The molecule has 0 radical (unpaired) electrons. The van der Waals surface area contributed by atoms with Crippen LogP contribution >= 0.6 is 0 Å². The van der Waals surface area contributed by atoms with Gasteiger partial charge in [-0.3, -0.25) is 9.69 Å². The smallest absolute Gasteiger partial charge is 0.237 e. The summed E-state index contributed by atoms with van der Waals surface area (Å²) >= 11 is 0. The minimum absolute atomic E-state index is 0.256. The van der Waals surface area contributed by atoms with Crippen LogP contribution in [-0.2, 0) is 4.79 Å². The van der Waals surface area contributed by atoms with Gasteiger partial charge in [-0.2, -0.15) is 0 Å². The van der Waals surface area contributed by atoms with Gasteiger partial charge in [-0.1, -0.05) is 6.92 Å². The Morgan fingerprint density at radius 3 is 2.14 bits per heavy atom. The summed E-state index contributed by atoms with van der Waals surface area (Å²) in [4.78, 5) is 18.8. The molecule has 1 amide bonds. The van der Waals surface area contributed by atoms with E-state index in [1.54, 1.807) is 0 Å². The van der Waals surface area contributed by atoms with Gasteiger partial charge in [0.2, 0.25) is 5.91 Å². The molecule has 0 aromatic rings. The van der Waals surface area contributed by atoms with E-state index >= 15 is 0 Å². The highest BCUT2D eigenvalue weighted by atomic mass is 16.1. The Hall–Kier alpha value is -0.690. The average Bonchev–Trinajstić information content (AvgIpc) is 2.44. The zero-order valence-corrected chi connectivity index (χ0v) is 14.2. The van der Waals surface area contributed by atoms with Gasteiger partial charge in [0, 0.05) is 45.8 Å². The summed E-state index contributed by atoms with van der Waals surface area (Å²) in [6.45, 7) is 12.2. The Morgan fingerprint density at radius 2 is 1.71 bits per heavy atom. The first-order valence-electron chi connectivity index (χ1n) is 8.02. The van der Waals surface area contributed by atoms with E-state index in [1.807, 2.05) is 13.8 Å². The second-order valence-electron chi connectivity index (χ2n) is 6.46. The molecule has 1 atom stereocenters. The van der Waals surface area contributed by atoms with Crippen molar-refractivity contribution in [3.8, 4) is 0 Å². The Balaban J connectivity index is 2.30. The van der Waals surface area contributed by atoms with Crippen LogP contribution in [0.5, 0.6) is 0 Å². The molecule has 1 aliphatic heterocycles. The van der Waals surface area contributed by atoms with E-state index in [-0.39, 0.29) is 5.91 Å². The standard InChI is InChI=1S/C15H33N5O/c1-5-17-15(2,14(16)21)6-7-19-10-12-20(13-11-19)9-8-18(3)4/h17H,5-13H2,1-4H3,(H2,16,21). The van der Waals surface area contributed by atoms with E-state index in [4.69, 9.17) is 5.73 Å². The first kappa shape index (κ1) is 18.4. The number of hydrogen-bond donors (Lipinski definition) is 2. The topological polar surface area (TPSA) is 64.8 Å². The maximum Gasteiger partial charge on any atom is 0.237 e. The highest BCUT2D eigenvalue weighted by molar-refractivity contribution is 5.84. The van der Waals surface area contributed by atoms with E-state index in [0.717, 1.165) is 58.8 Å². The number of likely N-dealkylation sites (N-methyl/N-ethyl adjacent to an activating group) is 2. The van der Waals surface area contributed by atoms with Crippen LogP contribution in [0.25, 0.3) is 0 Å². The van der Waals surface area contributed by atoms with Crippen molar-refractivity contribution in [3.63, 3.8) is 0 Å². The lowest BCUT2D eigenvalue weighted by atomic mass is 9.96. The fraction of sp³-hybridized carbons (Fsp3) is 0.933. The molecule has 6 nitrogen and oxygen atoms in total. The molecule has 0 aromatic heterocycles. The fourth-order valence-corrected chi connectivity index (χ4v) is 2.65. The van der Waals surface area contributed by atoms with Gasteiger partial charge in [0.05, 0.1) is 5.54 Å². The molecule has 1 rings (SSSR count). The molecule has 0 aliphatic carbocycles. The zero-order valence-electron chi connectivity index (χ0n) is 14.2. The number of nitrogens with zero attached hydrogens (tertiary/aromatic N) is 3.